The van der Waals surface area contributed by atoms with Gasteiger partial charge in [-0.3, -0.25) is 0 Å². The molecule has 2 nitrogen and oxygen atoms in total. The Labute approximate surface area is 100 Å². The Morgan fingerprint density at radius 2 is 1.75 bits per heavy atom. The number of aromatic amines is 1. The lowest BCUT2D eigenvalue weighted by Crippen LogP contribution is -2.36. The number of aromatic nitrogens is 2. The molecule has 0 fully saturated rings. The second-order valence-electron chi connectivity index (χ2n) is 4.62. The van der Waals surface area contributed by atoms with Gasteiger partial charge in [-0.2, -0.15) is 0 Å². The molecule has 0 radical (unpaired) electrons. The van der Waals surface area contributed by atoms with E-state index in [0.29, 0.717) is 0 Å². The normalized spacial score (nSPS) is 10.9. The number of nitrogens with zero attached hydrogens (tertiary/aromatic N) is 1. The van der Waals surface area contributed by atoms with Crippen LogP contribution < -0.4 is 4.57 Å². The van der Waals surface area contributed by atoms with E-state index in [9.17, 15) is 0 Å². The zero-order valence-electron chi connectivity index (χ0n) is 11.0. The van der Waals surface area contributed by atoms with E-state index >= 15 is 0 Å². The number of H-pyrrole nitrogens is 1. The highest BCUT2D eigenvalue weighted by atomic mass is 15.1. The molecule has 0 aliphatic carbocycles. The van der Waals surface area contributed by atoms with E-state index in [1.165, 1.54) is 63.7 Å². The SMILES string of the molecule is CCCCCC[n+]1cc[nH]c1CCCCC. The lowest BCUT2D eigenvalue weighted by atomic mass is 10.2. The Morgan fingerprint density at radius 3 is 2.50 bits per heavy atom. The molecule has 16 heavy (non-hydrogen) atoms. The second kappa shape index (κ2) is 8.37. The van der Waals surface area contributed by atoms with Gasteiger partial charge in [0, 0.05) is 6.42 Å². The number of hydrogen-bond acceptors (Lipinski definition) is 0. The zero-order valence-corrected chi connectivity index (χ0v) is 11.0. The molecule has 0 bridgehead atoms. The number of nitrogens with one attached hydrogen (secondary N) is 1. The van der Waals surface area contributed by atoms with E-state index in [-0.39, 0.29) is 0 Å². The summed E-state index contributed by atoms with van der Waals surface area (Å²) >= 11 is 0. The molecule has 2 heteroatoms. The van der Waals surface area contributed by atoms with Crippen molar-refractivity contribution in [2.75, 3.05) is 0 Å². The fourth-order valence-corrected chi connectivity index (χ4v) is 2.07. The van der Waals surface area contributed by atoms with Gasteiger partial charge in [0.15, 0.2) is 0 Å². The van der Waals surface area contributed by atoms with Crippen molar-refractivity contribution in [2.45, 2.75) is 71.8 Å². The van der Waals surface area contributed by atoms with Crippen LogP contribution in [-0.4, -0.2) is 4.98 Å². The van der Waals surface area contributed by atoms with E-state index in [1.54, 1.807) is 0 Å². The smallest absolute Gasteiger partial charge is 0.248 e. The van der Waals surface area contributed by atoms with E-state index in [1.807, 2.05) is 0 Å². The van der Waals surface area contributed by atoms with Gasteiger partial charge in [0.1, 0.15) is 12.4 Å². The highest BCUT2D eigenvalue weighted by molar-refractivity contribution is 4.77. The average molecular weight is 223 g/mol. The van der Waals surface area contributed by atoms with Crippen LogP contribution in [0.4, 0.5) is 0 Å². The monoisotopic (exact) mass is 223 g/mol. The predicted octanol–water partition coefficient (Wildman–Crippen LogP) is 3.62. The van der Waals surface area contributed by atoms with Gasteiger partial charge in [-0.1, -0.05) is 39.5 Å². The van der Waals surface area contributed by atoms with Gasteiger partial charge in [0.25, 0.3) is 5.82 Å². The van der Waals surface area contributed by atoms with Crippen molar-refractivity contribution in [3.05, 3.63) is 18.2 Å². The Hall–Kier alpha value is -0.790. The van der Waals surface area contributed by atoms with E-state index in [4.69, 9.17) is 0 Å². The molecule has 0 amide bonds. The summed E-state index contributed by atoms with van der Waals surface area (Å²) < 4.78 is 2.39. The summed E-state index contributed by atoms with van der Waals surface area (Å²) in [5, 5.41) is 0. The standard InChI is InChI=1S/C14H26N2/c1-3-5-7-9-12-16-13-11-15-14(16)10-8-6-4-2/h11,13H,3-10,12H2,1-2H3/p+1. The third-order valence-electron chi connectivity index (χ3n) is 3.12. The Balaban J connectivity index is 2.26. The van der Waals surface area contributed by atoms with Crippen molar-refractivity contribution in [1.29, 1.82) is 0 Å². The summed E-state index contributed by atoms with van der Waals surface area (Å²) in [6.45, 7) is 5.71. The summed E-state index contributed by atoms with van der Waals surface area (Å²) in [6, 6.07) is 0. The van der Waals surface area contributed by atoms with Crippen molar-refractivity contribution in [3.8, 4) is 0 Å². The first-order valence-corrected chi connectivity index (χ1v) is 6.94. The van der Waals surface area contributed by atoms with E-state index in [0.717, 1.165) is 0 Å². The van der Waals surface area contributed by atoms with Gasteiger partial charge in [0.2, 0.25) is 0 Å². The molecule has 0 atom stereocenters. The third kappa shape index (κ3) is 4.82. The van der Waals surface area contributed by atoms with Crippen molar-refractivity contribution >= 4 is 0 Å². The second-order valence-corrected chi connectivity index (χ2v) is 4.62. The van der Waals surface area contributed by atoms with Gasteiger partial charge >= 0.3 is 0 Å². The molecule has 1 aromatic rings. The van der Waals surface area contributed by atoms with Crippen molar-refractivity contribution < 1.29 is 4.57 Å². The van der Waals surface area contributed by atoms with Crippen LogP contribution in [0.1, 0.15) is 64.6 Å². The zero-order chi connectivity index (χ0) is 11.6. The predicted molar refractivity (Wildman–Crippen MR) is 68.4 cm³/mol. The van der Waals surface area contributed by atoms with E-state index in [2.05, 4.69) is 35.8 Å². The maximum Gasteiger partial charge on any atom is 0.254 e. The van der Waals surface area contributed by atoms with Gasteiger partial charge in [0.05, 0.1) is 6.54 Å². The van der Waals surface area contributed by atoms with Crippen LogP contribution in [0.25, 0.3) is 0 Å². The summed E-state index contributed by atoms with van der Waals surface area (Å²) in [6.07, 6.45) is 14.8. The molecule has 0 aromatic carbocycles. The lowest BCUT2D eigenvalue weighted by Gasteiger charge is -2.01. The number of hydrogen-bond donors (Lipinski definition) is 1. The molecule has 92 valence electrons. The van der Waals surface area contributed by atoms with Crippen molar-refractivity contribution in [3.63, 3.8) is 0 Å². The van der Waals surface area contributed by atoms with Gasteiger partial charge in [-0.15, -0.1) is 0 Å². The minimum atomic E-state index is 1.19. The van der Waals surface area contributed by atoms with Crippen LogP contribution in [0.2, 0.25) is 0 Å². The first kappa shape index (κ1) is 13.3. The van der Waals surface area contributed by atoms with Crippen molar-refractivity contribution in [2.24, 2.45) is 0 Å². The molecular formula is C14H27N2+. The molecule has 0 aliphatic rings. The number of rotatable bonds is 9. The molecule has 0 saturated heterocycles. The van der Waals surface area contributed by atoms with Gasteiger partial charge < -0.3 is 0 Å². The molecule has 1 aromatic heterocycles. The van der Waals surface area contributed by atoms with Crippen LogP contribution in [0.15, 0.2) is 12.4 Å². The summed E-state index contributed by atoms with van der Waals surface area (Å²) in [7, 11) is 0. The first-order chi connectivity index (χ1) is 7.88. The van der Waals surface area contributed by atoms with E-state index < -0.39 is 0 Å². The Kier molecular flexibility index (Phi) is 6.95. The van der Waals surface area contributed by atoms with Crippen molar-refractivity contribution in [1.82, 2.24) is 4.98 Å². The maximum absolute atomic E-state index is 3.37. The summed E-state index contributed by atoms with van der Waals surface area (Å²) in [4.78, 5) is 3.37. The molecule has 1 rings (SSSR count). The van der Waals surface area contributed by atoms with Crippen LogP contribution in [0.3, 0.4) is 0 Å². The highest BCUT2D eigenvalue weighted by Gasteiger charge is 2.08. The largest absolute Gasteiger partial charge is 0.254 e. The number of unbranched alkanes of at least 4 members (excludes halogenated alkanes) is 5. The summed E-state index contributed by atoms with van der Waals surface area (Å²) in [5.41, 5.74) is 0. The molecule has 0 unspecified atom stereocenters. The van der Waals surface area contributed by atoms with Gasteiger partial charge in [-0.25, -0.2) is 9.55 Å². The van der Waals surface area contributed by atoms with Crippen LogP contribution in [-0.2, 0) is 13.0 Å². The average Bonchev–Trinajstić information content (AvgIpc) is 2.73. The lowest BCUT2D eigenvalue weighted by molar-refractivity contribution is -0.703. The highest BCUT2D eigenvalue weighted by Crippen LogP contribution is 2.02. The van der Waals surface area contributed by atoms with Crippen LogP contribution in [0, 0.1) is 0 Å². The number of aryl methyl sites for hydroxylation is 2. The Bertz CT molecular complexity index is 265. The minimum absolute atomic E-state index is 1.19. The molecule has 0 spiro atoms. The first-order valence-electron chi connectivity index (χ1n) is 6.94. The molecule has 0 saturated carbocycles. The fraction of sp³-hybridized carbons (Fsp3) is 0.786. The number of imidazole rings is 1. The minimum Gasteiger partial charge on any atom is -0.248 e. The molecule has 0 aliphatic heterocycles. The molecule has 1 N–H and O–H groups in total. The molecular weight excluding hydrogens is 196 g/mol. The topological polar surface area (TPSA) is 19.7 Å². The quantitative estimate of drug-likeness (QED) is 0.487. The molecule has 1 heterocycles. The maximum atomic E-state index is 3.37. The third-order valence-corrected chi connectivity index (χ3v) is 3.12. The van der Waals surface area contributed by atoms with Gasteiger partial charge in [-0.05, 0) is 19.3 Å². The van der Waals surface area contributed by atoms with Crippen LogP contribution >= 0.6 is 0 Å². The summed E-state index contributed by atoms with van der Waals surface area (Å²) in [5.74, 6) is 1.41. The van der Waals surface area contributed by atoms with Crippen LogP contribution in [0.5, 0.6) is 0 Å². The fourth-order valence-electron chi connectivity index (χ4n) is 2.07. The Morgan fingerprint density at radius 1 is 1.00 bits per heavy atom.